The predicted molar refractivity (Wildman–Crippen MR) is 131 cm³/mol. The van der Waals surface area contributed by atoms with Crippen LogP contribution in [0, 0.1) is 6.92 Å². The molecule has 178 valence electrons. The summed E-state index contributed by atoms with van der Waals surface area (Å²) in [5.41, 5.74) is 3.03. The van der Waals surface area contributed by atoms with Gasteiger partial charge in [-0.05, 0) is 50.1 Å². The maximum Gasteiger partial charge on any atom is 0.320 e. The molecule has 0 radical (unpaired) electrons. The van der Waals surface area contributed by atoms with Crippen LogP contribution in [0.5, 0.6) is 6.01 Å². The standard InChI is InChI=1S/C23H29FN6O2.H2S/c1-14-8-16-11-26-30(20(16)9-18(14)17-4-5-25-12-19(17)24)22-10-21(27-23(28-22)31-3)29-6-7-32-15(2)13-29;/h8-11,15,17,19,25H,4-7,12-13H2,1-3H3;1H2/t15-,17?,19?;/m0./s1. The number of hydrogen-bond donors (Lipinski definition) is 1. The Morgan fingerprint density at radius 2 is 2.03 bits per heavy atom. The number of hydrogen-bond acceptors (Lipinski definition) is 7. The molecule has 10 heteroatoms. The monoisotopic (exact) mass is 474 g/mol. The quantitative estimate of drug-likeness (QED) is 0.623. The Bertz CT molecular complexity index is 1130. The molecule has 1 aromatic carbocycles. The van der Waals surface area contributed by atoms with Crippen molar-refractivity contribution in [3.8, 4) is 11.8 Å². The first-order valence-electron chi connectivity index (χ1n) is 11.2. The fourth-order valence-electron chi connectivity index (χ4n) is 4.75. The topological polar surface area (TPSA) is 77.3 Å². The van der Waals surface area contributed by atoms with Gasteiger partial charge in [0.15, 0.2) is 5.82 Å². The number of ether oxygens (including phenoxy) is 2. The summed E-state index contributed by atoms with van der Waals surface area (Å²) in [5, 5.41) is 8.74. The number of alkyl halides is 1. The highest BCUT2D eigenvalue weighted by molar-refractivity contribution is 7.59. The fourth-order valence-corrected chi connectivity index (χ4v) is 4.75. The molecule has 0 amide bonds. The molecule has 3 atom stereocenters. The molecule has 2 aliphatic heterocycles. The number of morpholine rings is 1. The molecule has 0 spiro atoms. The van der Waals surface area contributed by atoms with Gasteiger partial charge in [0, 0.05) is 37.0 Å². The SMILES string of the molecule is COc1nc(N2CCO[C@@H](C)C2)cc(-n2ncc3cc(C)c(C4CCNCC4F)cc32)n1.S. The highest BCUT2D eigenvalue weighted by Crippen LogP contribution is 2.33. The van der Waals surface area contributed by atoms with Crippen LogP contribution in [-0.4, -0.2) is 71.9 Å². The largest absolute Gasteiger partial charge is 0.467 e. The number of aromatic nitrogens is 4. The van der Waals surface area contributed by atoms with E-state index in [4.69, 9.17) is 9.47 Å². The Kier molecular flexibility index (Phi) is 7.06. The van der Waals surface area contributed by atoms with Crippen molar-refractivity contribution in [3.63, 3.8) is 0 Å². The van der Waals surface area contributed by atoms with Crippen LogP contribution in [0.4, 0.5) is 10.2 Å². The van der Waals surface area contributed by atoms with E-state index in [9.17, 15) is 4.39 Å². The molecule has 0 aliphatic carbocycles. The summed E-state index contributed by atoms with van der Waals surface area (Å²) in [4.78, 5) is 11.3. The minimum Gasteiger partial charge on any atom is -0.467 e. The van der Waals surface area contributed by atoms with E-state index in [0.717, 1.165) is 53.9 Å². The molecule has 2 unspecified atom stereocenters. The molecule has 2 saturated heterocycles. The Hall–Kier alpha value is -2.43. The molecule has 2 aromatic heterocycles. The van der Waals surface area contributed by atoms with Crippen molar-refractivity contribution in [2.45, 2.75) is 38.5 Å². The molecule has 0 saturated carbocycles. The summed E-state index contributed by atoms with van der Waals surface area (Å²) in [6.07, 6.45) is 1.84. The lowest BCUT2D eigenvalue weighted by Gasteiger charge is -2.32. The van der Waals surface area contributed by atoms with Crippen molar-refractivity contribution in [2.75, 3.05) is 44.8 Å². The van der Waals surface area contributed by atoms with Crippen LogP contribution in [0.2, 0.25) is 0 Å². The first kappa shape index (κ1) is 23.7. The Labute approximate surface area is 199 Å². The molecule has 2 aliphatic rings. The minimum absolute atomic E-state index is 0. The van der Waals surface area contributed by atoms with Crippen molar-refractivity contribution < 1.29 is 13.9 Å². The zero-order valence-corrected chi connectivity index (χ0v) is 20.2. The van der Waals surface area contributed by atoms with Crippen LogP contribution < -0.4 is 15.0 Å². The van der Waals surface area contributed by atoms with Gasteiger partial charge in [0.2, 0.25) is 0 Å². The van der Waals surface area contributed by atoms with Gasteiger partial charge in [-0.15, -0.1) is 0 Å². The van der Waals surface area contributed by atoms with Gasteiger partial charge in [-0.25, -0.2) is 9.07 Å². The molecule has 33 heavy (non-hydrogen) atoms. The highest BCUT2D eigenvalue weighted by Gasteiger charge is 2.28. The van der Waals surface area contributed by atoms with Crippen molar-refractivity contribution in [3.05, 3.63) is 35.5 Å². The van der Waals surface area contributed by atoms with Gasteiger partial charge in [0.25, 0.3) is 0 Å². The maximum atomic E-state index is 14.7. The molecule has 4 heterocycles. The third kappa shape index (κ3) is 4.64. The number of rotatable bonds is 4. The molecule has 8 nitrogen and oxygen atoms in total. The first-order chi connectivity index (χ1) is 15.5. The number of anilines is 1. The van der Waals surface area contributed by atoms with Gasteiger partial charge in [-0.2, -0.15) is 28.6 Å². The van der Waals surface area contributed by atoms with Crippen molar-refractivity contribution >= 4 is 30.2 Å². The highest BCUT2D eigenvalue weighted by atomic mass is 32.1. The van der Waals surface area contributed by atoms with Crippen molar-refractivity contribution in [2.24, 2.45) is 0 Å². The normalized spacial score (nSPS) is 23.4. The minimum atomic E-state index is -0.898. The number of nitrogens with zero attached hydrogens (tertiary/aromatic N) is 5. The van der Waals surface area contributed by atoms with E-state index >= 15 is 0 Å². The Morgan fingerprint density at radius 3 is 2.79 bits per heavy atom. The van der Waals surface area contributed by atoms with E-state index < -0.39 is 6.17 Å². The summed E-state index contributed by atoms with van der Waals surface area (Å²) < 4.78 is 27.6. The molecular weight excluding hydrogens is 443 g/mol. The fraction of sp³-hybridized carbons (Fsp3) is 0.522. The Balaban J connectivity index is 0.00000259. The van der Waals surface area contributed by atoms with E-state index in [0.29, 0.717) is 19.0 Å². The van der Waals surface area contributed by atoms with E-state index in [2.05, 4.69) is 44.3 Å². The molecule has 0 bridgehead atoms. The lowest BCUT2D eigenvalue weighted by Crippen LogP contribution is -2.41. The molecule has 3 aromatic rings. The van der Waals surface area contributed by atoms with E-state index in [1.165, 1.54) is 0 Å². The van der Waals surface area contributed by atoms with Crippen LogP contribution in [0.15, 0.2) is 24.4 Å². The third-order valence-corrected chi connectivity index (χ3v) is 6.41. The number of fused-ring (bicyclic) bond motifs is 1. The van der Waals surface area contributed by atoms with Crippen molar-refractivity contribution in [1.82, 2.24) is 25.1 Å². The third-order valence-electron chi connectivity index (χ3n) is 6.41. The van der Waals surface area contributed by atoms with Crippen LogP contribution in [-0.2, 0) is 4.74 Å². The second-order valence-corrected chi connectivity index (χ2v) is 8.64. The summed E-state index contributed by atoms with van der Waals surface area (Å²) >= 11 is 0. The summed E-state index contributed by atoms with van der Waals surface area (Å²) in [6.45, 7) is 7.47. The number of methoxy groups -OCH3 is 1. The lowest BCUT2D eigenvalue weighted by molar-refractivity contribution is 0.0529. The van der Waals surface area contributed by atoms with Crippen molar-refractivity contribution in [1.29, 1.82) is 0 Å². The van der Waals surface area contributed by atoms with Crippen LogP contribution in [0.1, 0.15) is 30.4 Å². The van der Waals surface area contributed by atoms with Gasteiger partial charge in [0.05, 0.1) is 31.5 Å². The molecule has 2 fully saturated rings. The van der Waals surface area contributed by atoms with Crippen LogP contribution >= 0.6 is 13.5 Å². The van der Waals surface area contributed by atoms with Gasteiger partial charge in [-0.3, -0.25) is 0 Å². The number of benzene rings is 1. The smallest absolute Gasteiger partial charge is 0.320 e. The van der Waals surface area contributed by atoms with Gasteiger partial charge in [0.1, 0.15) is 12.0 Å². The second kappa shape index (κ2) is 9.82. The van der Waals surface area contributed by atoms with E-state index in [1.54, 1.807) is 11.8 Å². The second-order valence-electron chi connectivity index (χ2n) is 8.64. The molecular formula is C23H31FN6O2S. The zero-order valence-electron chi connectivity index (χ0n) is 19.2. The number of nitrogens with one attached hydrogen (secondary N) is 1. The maximum absolute atomic E-state index is 14.7. The average Bonchev–Trinajstić information content (AvgIpc) is 3.21. The van der Waals surface area contributed by atoms with Crippen LogP contribution in [0.25, 0.3) is 16.7 Å². The molecule has 1 N–H and O–H groups in total. The van der Waals surface area contributed by atoms with Gasteiger partial charge >= 0.3 is 6.01 Å². The van der Waals surface area contributed by atoms with Crippen LogP contribution in [0.3, 0.4) is 0 Å². The molecule has 5 rings (SSSR count). The summed E-state index contributed by atoms with van der Waals surface area (Å²) in [7, 11) is 1.56. The van der Waals surface area contributed by atoms with Gasteiger partial charge in [-0.1, -0.05) is 0 Å². The zero-order chi connectivity index (χ0) is 22.2. The lowest BCUT2D eigenvalue weighted by atomic mass is 9.85. The predicted octanol–water partition coefficient (Wildman–Crippen LogP) is 2.89. The van der Waals surface area contributed by atoms with E-state index in [-0.39, 0.29) is 31.5 Å². The number of piperidine rings is 1. The number of aryl methyl sites for hydroxylation is 1. The average molecular weight is 475 g/mol. The number of halogens is 1. The first-order valence-corrected chi connectivity index (χ1v) is 11.2. The van der Waals surface area contributed by atoms with Gasteiger partial charge < -0.3 is 19.7 Å². The summed E-state index contributed by atoms with van der Waals surface area (Å²) in [6, 6.07) is 6.38. The summed E-state index contributed by atoms with van der Waals surface area (Å²) in [5.74, 6) is 1.28. The Morgan fingerprint density at radius 1 is 1.21 bits per heavy atom. The van der Waals surface area contributed by atoms with E-state index in [1.807, 2.05) is 19.2 Å².